The summed E-state index contributed by atoms with van der Waals surface area (Å²) in [5, 5.41) is 3.96. The molecule has 124 valence electrons. The number of benzene rings is 1. The van der Waals surface area contributed by atoms with Crippen molar-refractivity contribution in [2.45, 2.75) is 44.2 Å². The van der Waals surface area contributed by atoms with E-state index in [9.17, 15) is 4.39 Å². The fourth-order valence-electron chi connectivity index (χ4n) is 4.04. The minimum atomic E-state index is -0.0855. The minimum Gasteiger partial charge on any atom is -0.363 e. The van der Waals surface area contributed by atoms with Crippen LogP contribution in [0.1, 0.15) is 43.0 Å². The number of aromatic nitrogens is 2. The lowest BCUT2D eigenvalue weighted by molar-refractivity contribution is 0.373. The summed E-state index contributed by atoms with van der Waals surface area (Å²) >= 11 is 0. The molecule has 1 saturated carbocycles. The predicted molar refractivity (Wildman–Crippen MR) is 87.0 cm³/mol. The van der Waals surface area contributed by atoms with Gasteiger partial charge in [-0.2, -0.15) is 4.98 Å². The number of fused-ring (bicyclic) bond motifs is 2. The molecule has 1 aliphatic carbocycles. The number of halogens is 2. The highest BCUT2D eigenvalue weighted by Crippen LogP contribution is 2.51. The van der Waals surface area contributed by atoms with Gasteiger partial charge in [-0.25, -0.2) is 4.39 Å². The Kier molecular flexibility index (Phi) is 4.29. The van der Waals surface area contributed by atoms with Gasteiger partial charge in [0.25, 0.3) is 0 Å². The minimum absolute atomic E-state index is 0. The maximum Gasteiger partial charge on any atom is 0.240 e. The van der Waals surface area contributed by atoms with Crippen LogP contribution in [-0.2, 0) is 18.5 Å². The summed E-state index contributed by atoms with van der Waals surface area (Å²) in [6.07, 6.45) is 4.44. The zero-order valence-electron chi connectivity index (χ0n) is 12.8. The Morgan fingerprint density at radius 1 is 1.30 bits per heavy atom. The number of anilines is 1. The summed E-state index contributed by atoms with van der Waals surface area (Å²) in [6, 6.07) is 5.34. The second kappa shape index (κ2) is 6.09. The van der Waals surface area contributed by atoms with Gasteiger partial charge >= 0.3 is 0 Å². The van der Waals surface area contributed by atoms with Gasteiger partial charge in [-0.15, -0.1) is 12.4 Å². The van der Waals surface area contributed by atoms with E-state index in [1.165, 1.54) is 12.8 Å². The Morgan fingerprint density at radius 3 is 2.78 bits per heavy atom. The summed E-state index contributed by atoms with van der Waals surface area (Å²) in [5.74, 6) is 0.951. The molecule has 0 bridgehead atoms. The van der Waals surface area contributed by atoms with Crippen molar-refractivity contribution >= 4 is 18.1 Å². The lowest BCUT2D eigenvalue weighted by atomic mass is 9.80. The fraction of sp³-hybridized carbons (Fsp3) is 0.500. The SMILES string of the molecule is Cl.NCc1nc(CN2CC3(CCCC3)c3c(F)cccc32)no1. The van der Waals surface area contributed by atoms with Gasteiger partial charge in [0.05, 0.1) is 13.1 Å². The zero-order valence-corrected chi connectivity index (χ0v) is 13.6. The van der Waals surface area contributed by atoms with E-state index in [4.69, 9.17) is 10.3 Å². The van der Waals surface area contributed by atoms with Gasteiger partial charge in [-0.3, -0.25) is 0 Å². The number of hydrogen-bond acceptors (Lipinski definition) is 5. The second-order valence-electron chi connectivity index (χ2n) is 6.29. The Morgan fingerprint density at radius 2 is 2.09 bits per heavy atom. The fourth-order valence-corrected chi connectivity index (χ4v) is 4.04. The molecular formula is C16H20ClFN4O. The van der Waals surface area contributed by atoms with Crippen molar-refractivity contribution in [3.05, 3.63) is 41.3 Å². The number of nitrogens with zero attached hydrogens (tertiary/aromatic N) is 3. The van der Waals surface area contributed by atoms with Crippen LogP contribution < -0.4 is 10.6 Å². The standard InChI is InChI=1S/C16H19FN4O.ClH/c17-11-4-3-5-12-15(11)16(6-1-2-7-16)10-21(12)9-13-19-14(8-18)22-20-13;/h3-5H,1-2,6-10,18H2;1H. The molecule has 0 radical (unpaired) electrons. The first-order valence-corrected chi connectivity index (χ1v) is 7.77. The first kappa shape index (κ1) is 16.2. The molecule has 2 aromatic rings. The van der Waals surface area contributed by atoms with E-state index in [0.29, 0.717) is 18.3 Å². The molecule has 5 nitrogen and oxygen atoms in total. The largest absolute Gasteiger partial charge is 0.363 e. The zero-order chi connectivity index (χ0) is 15.2. The van der Waals surface area contributed by atoms with Crippen LogP contribution in [0.2, 0.25) is 0 Å². The Bertz CT molecular complexity index is 699. The molecule has 0 unspecified atom stereocenters. The molecule has 0 saturated heterocycles. The van der Waals surface area contributed by atoms with E-state index in [2.05, 4.69) is 15.0 Å². The van der Waals surface area contributed by atoms with Crippen molar-refractivity contribution in [3.63, 3.8) is 0 Å². The highest BCUT2D eigenvalue weighted by atomic mass is 35.5. The normalized spacial score (nSPS) is 18.3. The molecule has 2 heterocycles. The van der Waals surface area contributed by atoms with Crippen LogP contribution >= 0.6 is 12.4 Å². The molecule has 4 rings (SSSR count). The Hall–Kier alpha value is -1.66. The summed E-state index contributed by atoms with van der Waals surface area (Å²) in [6.45, 7) is 1.60. The van der Waals surface area contributed by atoms with Gasteiger partial charge < -0.3 is 15.2 Å². The van der Waals surface area contributed by atoms with Crippen LogP contribution in [-0.4, -0.2) is 16.7 Å². The third-order valence-corrected chi connectivity index (χ3v) is 4.93. The molecule has 1 spiro atoms. The van der Waals surface area contributed by atoms with E-state index < -0.39 is 0 Å². The van der Waals surface area contributed by atoms with E-state index in [0.717, 1.165) is 30.6 Å². The van der Waals surface area contributed by atoms with Crippen molar-refractivity contribution in [3.8, 4) is 0 Å². The lowest BCUT2D eigenvalue weighted by Gasteiger charge is -2.25. The maximum atomic E-state index is 14.5. The number of rotatable bonds is 3. The molecule has 1 aromatic heterocycles. The number of hydrogen-bond donors (Lipinski definition) is 1. The quantitative estimate of drug-likeness (QED) is 0.932. The van der Waals surface area contributed by atoms with Gasteiger partial charge in [-0.05, 0) is 25.0 Å². The highest BCUT2D eigenvalue weighted by Gasteiger charge is 2.46. The molecule has 23 heavy (non-hydrogen) atoms. The van der Waals surface area contributed by atoms with E-state index in [1.54, 1.807) is 12.1 Å². The third-order valence-electron chi connectivity index (χ3n) is 4.93. The lowest BCUT2D eigenvalue weighted by Crippen LogP contribution is -2.31. The van der Waals surface area contributed by atoms with Gasteiger partial charge in [0.2, 0.25) is 5.89 Å². The van der Waals surface area contributed by atoms with E-state index in [-0.39, 0.29) is 30.2 Å². The first-order valence-electron chi connectivity index (χ1n) is 7.77. The number of nitrogens with two attached hydrogens (primary N) is 1. The van der Waals surface area contributed by atoms with Gasteiger partial charge in [0.15, 0.2) is 5.82 Å². The van der Waals surface area contributed by atoms with Crippen molar-refractivity contribution in [1.29, 1.82) is 0 Å². The average molecular weight is 339 g/mol. The predicted octanol–water partition coefficient (Wildman–Crippen LogP) is 2.92. The topological polar surface area (TPSA) is 68.2 Å². The second-order valence-corrected chi connectivity index (χ2v) is 6.29. The molecule has 1 aromatic carbocycles. The first-order chi connectivity index (χ1) is 10.7. The smallest absolute Gasteiger partial charge is 0.240 e. The molecule has 0 atom stereocenters. The van der Waals surface area contributed by atoms with Crippen LogP contribution in [0.4, 0.5) is 10.1 Å². The monoisotopic (exact) mass is 338 g/mol. The summed E-state index contributed by atoms with van der Waals surface area (Å²) in [4.78, 5) is 6.44. The molecular weight excluding hydrogens is 319 g/mol. The molecule has 1 aliphatic heterocycles. The van der Waals surface area contributed by atoms with Crippen LogP contribution in [0, 0.1) is 5.82 Å². The van der Waals surface area contributed by atoms with Gasteiger partial charge in [0.1, 0.15) is 5.82 Å². The Balaban J connectivity index is 0.00000156. The Labute approximate surface area is 140 Å². The molecule has 2 N–H and O–H groups in total. The molecule has 0 amide bonds. The third kappa shape index (κ3) is 2.60. The van der Waals surface area contributed by atoms with Crippen LogP contribution in [0.5, 0.6) is 0 Å². The van der Waals surface area contributed by atoms with Crippen LogP contribution in [0.15, 0.2) is 22.7 Å². The van der Waals surface area contributed by atoms with Crippen molar-refractivity contribution < 1.29 is 8.91 Å². The van der Waals surface area contributed by atoms with Gasteiger partial charge in [0, 0.05) is 23.2 Å². The summed E-state index contributed by atoms with van der Waals surface area (Å²) in [7, 11) is 0. The van der Waals surface area contributed by atoms with Crippen molar-refractivity contribution in [1.82, 2.24) is 10.1 Å². The summed E-state index contributed by atoms with van der Waals surface area (Å²) in [5.41, 5.74) is 7.32. The van der Waals surface area contributed by atoms with Gasteiger partial charge in [-0.1, -0.05) is 24.1 Å². The molecule has 7 heteroatoms. The van der Waals surface area contributed by atoms with Crippen molar-refractivity contribution in [2.75, 3.05) is 11.4 Å². The van der Waals surface area contributed by atoms with Crippen LogP contribution in [0.3, 0.4) is 0 Å². The maximum absolute atomic E-state index is 14.5. The highest BCUT2D eigenvalue weighted by molar-refractivity contribution is 5.85. The average Bonchev–Trinajstić information content (AvgIpc) is 3.22. The van der Waals surface area contributed by atoms with Crippen molar-refractivity contribution in [2.24, 2.45) is 5.73 Å². The van der Waals surface area contributed by atoms with E-state index >= 15 is 0 Å². The molecule has 2 aliphatic rings. The van der Waals surface area contributed by atoms with Crippen LogP contribution in [0.25, 0.3) is 0 Å². The van der Waals surface area contributed by atoms with E-state index in [1.807, 2.05) is 6.07 Å². The summed E-state index contributed by atoms with van der Waals surface area (Å²) < 4.78 is 19.5. The molecule has 1 fully saturated rings.